The van der Waals surface area contributed by atoms with Crippen molar-refractivity contribution in [3.8, 4) is 16.9 Å². The molecule has 0 saturated carbocycles. The normalized spacial score (nSPS) is 14.5. The summed E-state index contributed by atoms with van der Waals surface area (Å²) in [6.07, 6.45) is 2.76. The van der Waals surface area contributed by atoms with Gasteiger partial charge in [-0.2, -0.15) is 0 Å². The maximum absolute atomic E-state index is 13.5. The molecule has 0 aliphatic carbocycles. The van der Waals surface area contributed by atoms with Gasteiger partial charge in [0.1, 0.15) is 11.0 Å². The minimum Gasteiger partial charge on any atom is -0.497 e. The van der Waals surface area contributed by atoms with Crippen molar-refractivity contribution in [1.82, 2.24) is 0 Å². The van der Waals surface area contributed by atoms with Gasteiger partial charge in [0.2, 0.25) is 5.72 Å². The summed E-state index contributed by atoms with van der Waals surface area (Å²) in [4.78, 5) is 11.8. The first-order valence-corrected chi connectivity index (χ1v) is 11.6. The Morgan fingerprint density at radius 3 is 1.97 bits per heavy atom. The number of benzene rings is 3. The van der Waals surface area contributed by atoms with Gasteiger partial charge in [0.25, 0.3) is 0 Å². The van der Waals surface area contributed by atoms with E-state index in [0.717, 1.165) is 18.2 Å². The van der Waals surface area contributed by atoms with Gasteiger partial charge in [-0.1, -0.05) is 66.7 Å². The van der Waals surface area contributed by atoms with Crippen LogP contribution in [-0.2, 0) is 19.4 Å². The Labute approximate surface area is 193 Å². The first kappa shape index (κ1) is 24.2. The van der Waals surface area contributed by atoms with Crippen LogP contribution in [-0.4, -0.2) is 44.7 Å². The molecule has 3 N–H and O–H groups in total. The molecular formula is C25H25NO6S. The topological polar surface area (TPSA) is 116 Å². The predicted molar refractivity (Wildman–Crippen MR) is 126 cm³/mol. The van der Waals surface area contributed by atoms with Crippen molar-refractivity contribution in [2.75, 3.05) is 14.2 Å². The van der Waals surface area contributed by atoms with E-state index >= 15 is 0 Å². The highest BCUT2D eigenvalue weighted by Gasteiger charge is 2.49. The van der Waals surface area contributed by atoms with E-state index in [1.165, 1.54) is 24.3 Å². The van der Waals surface area contributed by atoms with Crippen LogP contribution in [0.3, 0.4) is 0 Å². The van der Waals surface area contributed by atoms with Gasteiger partial charge in [0, 0.05) is 7.11 Å². The summed E-state index contributed by atoms with van der Waals surface area (Å²) < 4.78 is 37.2. The van der Waals surface area contributed by atoms with E-state index in [4.69, 9.17) is 15.2 Å². The number of hydrogen-bond acceptors (Lipinski definition) is 6. The zero-order valence-electron chi connectivity index (χ0n) is 18.2. The summed E-state index contributed by atoms with van der Waals surface area (Å²) in [5.74, 6) is -0.885. The molecule has 0 bridgehead atoms. The summed E-state index contributed by atoms with van der Waals surface area (Å²) in [6.45, 7) is 0. The van der Waals surface area contributed by atoms with Crippen LogP contribution >= 0.6 is 0 Å². The number of carbonyl (C=O) groups is 1. The minimum atomic E-state index is -4.23. The second-order valence-electron chi connectivity index (χ2n) is 7.29. The van der Waals surface area contributed by atoms with E-state index in [-0.39, 0.29) is 4.90 Å². The minimum absolute atomic E-state index is 0.0735. The molecule has 0 unspecified atom stereocenters. The molecule has 0 saturated heterocycles. The Hall–Kier alpha value is -3.46. The van der Waals surface area contributed by atoms with Crippen LogP contribution in [0.2, 0.25) is 0 Å². The lowest BCUT2D eigenvalue weighted by atomic mass is 10.1. The third kappa shape index (κ3) is 5.14. The number of sulfone groups is 1. The molecule has 3 rings (SSSR count). The molecule has 3 aromatic carbocycles. The van der Waals surface area contributed by atoms with E-state index in [1.807, 2.05) is 18.2 Å². The van der Waals surface area contributed by atoms with Crippen molar-refractivity contribution in [2.45, 2.75) is 15.9 Å². The SMILES string of the molecule is COc1ccc(-c2ccc(S(=O)(=O)[C@@H](C=Cc3ccccc3)[C@](N)(OC)C(=O)O)cc2)cc1. The standard InChI is InChI=1S/C25H25NO6S/c1-31-21-13-9-19(10-14-21)20-11-15-22(16-12-20)33(29,30)23(25(26,32-2)24(27)28)17-8-18-6-4-3-5-7-18/h3-17,23H,26H2,1-2H3,(H,27,28)/t23-,25-/m0/s1. The Morgan fingerprint density at radius 1 is 0.939 bits per heavy atom. The van der Waals surface area contributed by atoms with Gasteiger partial charge in [0.15, 0.2) is 9.84 Å². The van der Waals surface area contributed by atoms with Gasteiger partial charge in [-0.3, -0.25) is 5.73 Å². The number of carboxylic acid groups (broad SMARTS) is 1. The number of ether oxygens (including phenoxy) is 2. The Morgan fingerprint density at radius 2 is 1.48 bits per heavy atom. The van der Waals surface area contributed by atoms with E-state index in [2.05, 4.69) is 0 Å². The second kappa shape index (κ2) is 9.99. The van der Waals surface area contributed by atoms with Crippen LogP contribution in [0.25, 0.3) is 17.2 Å². The quantitative estimate of drug-likeness (QED) is 0.462. The second-order valence-corrected chi connectivity index (χ2v) is 9.36. The predicted octanol–water partition coefficient (Wildman–Crippen LogP) is 3.60. The molecule has 8 heteroatoms. The van der Waals surface area contributed by atoms with Gasteiger partial charge < -0.3 is 14.6 Å². The maximum atomic E-state index is 13.5. The zero-order valence-corrected chi connectivity index (χ0v) is 19.0. The molecule has 7 nitrogen and oxygen atoms in total. The molecule has 0 aliphatic rings. The molecule has 33 heavy (non-hydrogen) atoms. The maximum Gasteiger partial charge on any atom is 0.352 e. The molecule has 0 fully saturated rings. The number of rotatable bonds is 9. The van der Waals surface area contributed by atoms with Gasteiger partial charge >= 0.3 is 5.97 Å². The van der Waals surface area contributed by atoms with Gasteiger partial charge in [-0.05, 0) is 41.0 Å². The van der Waals surface area contributed by atoms with Gasteiger partial charge in [-0.15, -0.1) is 0 Å². The third-order valence-corrected chi connectivity index (χ3v) is 7.40. The zero-order chi connectivity index (χ0) is 24.1. The number of carboxylic acids is 1. The average Bonchev–Trinajstić information content (AvgIpc) is 2.84. The monoisotopic (exact) mass is 467 g/mol. The summed E-state index contributed by atoms with van der Waals surface area (Å²) in [5, 5.41) is 8.01. The fraction of sp³-hybridized carbons (Fsp3) is 0.160. The first-order valence-electron chi connectivity index (χ1n) is 10.0. The fourth-order valence-corrected chi connectivity index (χ4v) is 5.08. The molecule has 172 valence electrons. The van der Waals surface area contributed by atoms with E-state index in [9.17, 15) is 18.3 Å². The highest BCUT2D eigenvalue weighted by molar-refractivity contribution is 7.92. The van der Waals surface area contributed by atoms with E-state index in [1.54, 1.807) is 55.6 Å². The summed E-state index contributed by atoms with van der Waals surface area (Å²) in [5.41, 5.74) is 5.82. The largest absolute Gasteiger partial charge is 0.497 e. The highest BCUT2D eigenvalue weighted by Crippen LogP contribution is 2.29. The third-order valence-electron chi connectivity index (χ3n) is 5.30. The highest BCUT2D eigenvalue weighted by atomic mass is 32.2. The molecule has 2 atom stereocenters. The molecular weight excluding hydrogens is 442 g/mol. The number of nitrogens with two attached hydrogens (primary N) is 1. The lowest BCUT2D eigenvalue weighted by molar-refractivity contribution is -0.160. The lowest BCUT2D eigenvalue weighted by Gasteiger charge is -2.30. The smallest absolute Gasteiger partial charge is 0.352 e. The van der Waals surface area contributed by atoms with Crippen molar-refractivity contribution >= 4 is 21.9 Å². The van der Waals surface area contributed by atoms with Crippen molar-refractivity contribution in [3.05, 3.63) is 90.5 Å². The van der Waals surface area contributed by atoms with Crippen LogP contribution < -0.4 is 10.5 Å². The molecule has 3 aromatic rings. The number of aliphatic carboxylic acids is 1. The molecule has 0 radical (unpaired) electrons. The van der Waals surface area contributed by atoms with E-state index < -0.39 is 26.8 Å². The summed E-state index contributed by atoms with van der Waals surface area (Å²) in [6, 6.07) is 22.4. The van der Waals surface area contributed by atoms with Crippen molar-refractivity contribution < 1.29 is 27.8 Å². The Bertz CT molecular complexity index is 1220. The van der Waals surface area contributed by atoms with Crippen molar-refractivity contribution in [3.63, 3.8) is 0 Å². The lowest BCUT2D eigenvalue weighted by Crippen LogP contribution is -2.60. The Kier molecular flexibility index (Phi) is 7.33. The van der Waals surface area contributed by atoms with Crippen LogP contribution in [0.15, 0.2) is 89.8 Å². The first-order chi connectivity index (χ1) is 15.7. The summed E-state index contributed by atoms with van der Waals surface area (Å²) in [7, 11) is -1.59. The molecule has 0 aliphatic heterocycles. The van der Waals surface area contributed by atoms with Gasteiger partial charge in [0.05, 0.1) is 12.0 Å². The number of hydrogen-bond donors (Lipinski definition) is 2. The molecule has 0 aromatic heterocycles. The fourth-order valence-electron chi connectivity index (χ4n) is 3.33. The van der Waals surface area contributed by atoms with Crippen molar-refractivity contribution in [2.24, 2.45) is 5.73 Å². The van der Waals surface area contributed by atoms with Crippen molar-refractivity contribution in [1.29, 1.82) is 0 Å². The Balaban J connectivity index is 2.01. The van der Waals surface area contributed by atoms with Crippen LogP contribution in [0.5, 0.6) is 5.75 Å². The van der Waals surface area contributed by atoms with Crippen LogP contribution in [0.4, 0.5) is 0 Å². The van der Waals surface area contributed by atoms with Gasteiger partial charge in [-0.25, -0.2) is 13.2 Å². The van der Waals surface area contributed by atoms with Crippen LogP contribution in [0.1, 0.15) is 5.56 Å². The molecule has 0 spiro atoms. The summed E-state index contributed by atoms with van der Waals surface area (Å²) >= 11 is 0. The average molecular weight is 468 g/mol. The molecule has 0 amide bonds. The molecule has 0 heterocycles. The van der Waals surface area contributed by atoms with Crippen LogP contribution in [0, 0.1) is 0 Å². The number of methoxy groups -OCH3 is 2. The van der Waals surface area contributed by atoms with E-state index in [0.29, 0.717) is 11.3 Å².